The summed E-state index contributed by atoms with van der Waals surface area (Å²) in [5.74, 6) is 0.801. The lowest BCUT2D eigenvalue weighted by Gasteiger charge is -2.23. The molecule has 1 atom stereocenters. The van der Waals surface area contributed by atoms with E-state index in [1.54, 1.807) is 35.0 Å². The molecule has 2 heterocycles. The third kappa shape index (κ3) is 3.43. The van der Waals surface area contributed by atoms with E-state index in [1.807, 2.05) is 32.0 Å². The van der Waals surface area contributed by atoms with E-state index in [0.29, 0.717) is 17.2 Å². The van der Waals surface area contributed by atoms with E-state index in [1.165, 1.54) is 11.8 Å². The molecule has 5 nitrogen and oxygen atoms in total. The Bertz CT molecular complexity index is 764. The van der Waals surface area contributed by atoms with Crippen LogP contribution in [0.4, 0.5) is 5.69 Å². The standard InChI is InChI=1S/C18H19N3O2S/c1-12-5-6-15(8-13(12)2)20-17(22)16-10-24-11-21(16)18(23)14-4-3-7-19-9-14/h3-9,16H,10-11H2,1-2H3,(H,20,22)/t16-/m0/s1. The highest BCUT2D eigenvalue weighted by molar-refractivity contribution is 7.99. The van der Waals surface area contributed by atoms with E-state index in [0.717, 1.165) is 11.3 Å². The Morgan fingerprint density at radius 1 is 1.25 bits per heavy atom. The molecule has 0 radical (unpaired) electrons. The molecule has 6 heteroatoms. The van der Waals surface area contributed by atoms with Crippen LogP contribution in [-0.4, -0.2) is 39.4 Å². The quantitative estimate of drug-likeness (QED) is 0.932. The number of aromatic nitrogens is 1. The zero-order valence-corrected chi connectivity index (χ0v) is 14.5. The summed E-state index contributed by atoms with van der Waals surface area (Å²) >= 11 is 1.58. The van der Waals surface area contributed by atoms with Crippen LogP contribution in [0.3, 0.4) is 0 Å². The number of aryl methyl sites for hydroxylation is 2. The fraction of sp³-hybridized carbons (Fsp3) is 0.278. The Labute approximate surface area is 145 Å². The van der Waals surface area contributed by atoms with Gasteiger partial charge in [-0.2, -0.15) is 0 Å². The number of nitrogens with zero attached hydrogens (tertiary/aromatic N) is 2. The minimum absolute atomic E-state index is 0.152. The van der Waals surface area contributed by atoms with Crippen LogP contribution in [0.2, 0.25) is 0 Å². The molecule has 2 aromatic rings. The molecule has 0 saturated carbocycles. The molecule has 1 aromatic heterocycles. The highest BCUT2D eigenvalue weighted by Crippen LogP contribution is 2.24. The number of pyridine rings is 1. The minimum Gasteiger partial charge on any atom is -0.324 e. The van der Waals surface area contributed by atoms with Crippen molar-refractivity contribution in [1.82, 2.24) is 9.88 Å². The van der Waals surface area contributed by atoms with Crippen LogP contribution < -0.4 is 5.32 Å². The van der Waals surface area contributed by atoms with Gasteiger partial charge in [-0.1, -0.05) is 6.07 Å². The average molecular weight is 341 g/mol. The van der Waals surface area contributed by atoms with Crippen molar-refractivity contribution in [3.63, 3.8) is 0 Å². The number of benzene rings is 1. The van der Waals surface area contributed by atoms with E-state index in [9.17, 15) is 9.59 Å². The van der Waals surface area contributed by atoms with Gasteiger partial charge in [0.15, 0.2) is 0 Å². The molecule has 1 aliphatic heterocycles. The van der Waals surface area contributed by atoms with E-state index in [-0.39, 0.29) is 11.8 Å². The molecule has 1 saturated heterocycles. The Hall–Kier alpha value is -2.34. The first-order valence-corrected chi connectivity index (χ1v) is 8.88. The smallest absolute Gasteiger partial charge is 0.256 e. The van der Waals surface area contributed by atoms with Crippen LogP contribution in [0.5, 0.6) is 0 Å². The van der Waals surface area contributed by atoms with E-state index in [4.69, 9.17) is 0 Å². The van der Waals surface area contributed by atoms with Crippen molar-refractivity contribution in [2.75, 3.05) is 16.9 Å². The lowest BCUT2D eigenvalue weighted by molar-refractivity contribution is -0.119. The van der Waals surface area contributed by atoms with Crippen molar-refractivity contribution < 1.29 is 9.59 Å². The van der Waals surface area contributed by atoms with Gasteiger partial charge in [-0.25, -0.2) is 0 Å². The second kappa shape index (κ2) is 7.05. The van der Waals surface area contributed by atoms with Gasteiger partial charge in [-0.3, -0.25) is 14.6 Å². The molecule has 0 bridgehead atoms. The lowest BCUT2D eigenvalue weighted by atomic mass is 10.1. The highest BCUT2D eigenvalue weighted by atomic mass is 32.2. The van der Waals surface area contributed by atoms with Crippen molar-refractivity contribution in [2.24, 2.45) is 0 Å². The SMILES string of the molecule is Cc1ccc(NC(=O)[C@@H]2CSCN2C(=O)c2cccnc2)cc1C. The summed E-state index contributed by atoms with van der Waals surface area (Å²) in [6.07, 6.45) is 3.16. The molecule has 3 rings (SSSR count). The summed E-state index contributed by atoms with van der Waals surface area (Å²) in [5, 5.41) is 2.93. The molecule has 1 fully saturated rings. The van der Waals surface area contributed by atoms with Crippen LogP contribution in [-0.2, 0) is 4.79 Å². The summed E-state index contributed by atoms with van der Waals surface area (Å²) in [4.78, 5) is 30.8. The zero-order chi connectivity index (χ0) is 17.1. The molecular weight excluding hydrogens is 322 g/mol. The van der Waals surface area contributed by atoms with Gasteiger partial charge in [0.2, 0.25) is 5.91 Å². The topological polar surface area (TPSA) is 62.3 Å². The fourth-order valence-electron chi connectivity index (χ4n) is 2.56. The van der Waals surface area contributed by atoms with Crippen LogP contribution >= 0.6 is 11.8 Å². The minimum atomic E-state index is -0.468. The fourth-order valence-corrected chi connectivity index (χ4v) is 3.71. The number of rotatable bonds is 3. The van der Waals surface area contributed by atoms with Crippen molar-refractivity contribution >= 4 is 29.3 Å². The van der Waals surface area contributed by atoms with Crippen molar-refractivity contribution in [1.29, 1.82) is 0 Å². The van der Waals surface area contributed by atoms with Crippen molar-refractivity contribution in [2.45, 2.75) is 19.9 Å². The Morgan fingerprint density at radius 2 is 2.08 bits per heavy atom. The summed E-state index contributed by atoms with van der Waals surface area (Å²) < 4.78 is 0. The molecule has 2 amide bonds. The van der Waals surface area contributed by atoms with Crippen LogP contribution in [0.25, 0.3) is 0 Å². The zero-order valence-electron chi connectivity index (χ0n) is 13.7. The Kier molecular flexibility index (Phi) is 4.85. The number of hydrogen-bond acceptors (Lipinski definition) is 4. The third-order valence-corrected chi connectivity index (χ3v) is 5.14. The third-order valence-electron chi connectivity index (χ3n) is 4.13. The Balaban J connectivity index is 1.74. The molecular formula is C18H19N3O2S. The molecule has 1 aliphatic rings. The molecule has 124 valence electrons. The van der Waals surface area contributed by atoms with Gasteiger partial charge >= 0.3 is 0 Å². The summed E-state index contributed by atoms with van der Waals surface area (Å²) in [5.41, 5.74) is 3.56. The molecule has 0 aliphatic carbocycles. The number of carbonyl (C=O) groups is 2. The number of thioether (sulfide) groups is 1. The number of anilines is 1. The van der Waals surface area contributed by atoms with Crippen LogP contribution in [0.15, 0.2) is 42.7 Å². The second-order valence-corrected chi connectivity index (χ2v) is 6.82. The van der Waals surface area contributed by atoms with Gasteiger partial charge in [0.1, 0.15) is 6.04 Å². The molecule has 24 heavy (non-hydrogen) atoms. The van der Waals surface area contributed by atoms with Gasteiger partial charge < -0.3 is 10.2 Å². The Morgan fingerprint density at radius 3 is 2.79 bits per heavy atom. The first-order chi connectivity index (χ1) is 11.6. The van der Waals surface area contributed by atoms with E-state index < -0.39 is 6.04 Å². The van der Waals surface area contributed by atoms with E-state index >= 15 is 0 Å². The lowest BCUT2D eigenvalue weighted by Crippen LogP contribution is -2.44. The monoisotopic (exact) mass is 341 g/mol. The maximum Gasteiger partial charge on any atom is 0.256 e. The second-order valence-electron chi connectivity index (χ2n) is 5.82. The van der Waals surface area contributed by atoms with Crippen LogP contribution in [0.1, 0.15) is 21.5 Å². The first kappa shape index (κ1) is 16.5. The maximum atomic E-state index is 12.6. The van der Waals surface area contributed by atoms with Gasteiger partial charge in [0.05, 0.1) is 11.4 Å². The number of amides is 2. The van der Waals surface area contributed by atoms with Crippen molar-refractivity contribution in [3.8, 4) is 0 Å². The van der Waals surface area contributed by atoms with Crippen molar-refractivity contribution in [3.05, 3.63) is 59.4 Å². The van der Waals surface area contributed by atoms with Gasteiger partial charge in [-0.05, 0) is 49.2 Å². The highest BCUT2D eigenvalue weighted by Gasteiger charge is 2.35. The largest absolute Gasteiger partial charge is 0.324 e. The maximum absolute atomic E-state index is 12.6. The number of hydrogen-bond donors (Lipinski definition) is 1. The van der Waals surface area contributed by atoms with Gasteiger partial charge in [0, 0.05) is 23.8 Å². The summed E-state index contributed by atoms with van der Waals surface area (Å²) in [6.45, 7) is 4.04. The van der Waals surface area contributed by atoms with Gasteiger partial charge in [-0.15, -0.1) is 11.8 Å². The molecule has 1 N–H and O–H groups in total. The normalized spacial score (nSPS) is 16.9. The molecule has 0 unspecified atom stereocenters. The first-order valence-electron chi connectivity index (χ1n) is 7.73. The average Bonchev–Trinajstić information content (AvgIpc) is 3.08. The van der Waals surface area contributed by atoms with Gasteiger partial charge in [0.25, 0.3) is 5.91 Å². The molecule has 0 spiro atoms. The predicted octanol–water partition coefficient (Wildman–Crippen LogP) is 2.85. The van der Waals surface area contributed by atoms with Crippen LogP contribution in [0, 0.1) is 13.8 Å². The summed E-state index contributed by atoms with van der Waals surface area (Å²) in [6, 6.07) is 8.78. The number of carbonyl (C=O) groups excluding carboxylic acids is 2. The predicted molar refractivity (Wildman–Crippen MR) is 96.1 cm³/mol. The molecule has 1 aromatic carbocycles. The van der Waals surface area contributed by atoms with E-state index in [2.05, 4.69) is 10.3 Å². The number of nitrogens with one attached hydrogen (secondary N) is 1. The summed E-state index contributed by atoms with van der Waals surface area (Å²) in [7, 11) is 0.